The third-order valence-electron chi connectivity index (χ3n) is 2.59. The van der Waals surface area contributed by atoms with Crippen molar-refractivity contribution in [1.82, 2.24) is 4.98 Å². The van der Waals surface area contributed by atoms with Gasteiger partial charge < -0.3 is 4.74 Å². The first-order valence-electron chi connectivity index (χ1n) is 5.40. The Bertz CT molecular complexity index is 626. The van der Waals surface area contributed by atoms with E-state index in [-0.39, 0.29) is 11.3 Å². The molecule has 0 radical (unpaired) electrons. The van der Waals surface area contributed by atoms with Crippen LogP contribution in [0.4, 0.5) is 5.69 Å². The molecule has 0 bridgehead atoms. The van der Waals surface area contributed by atoms with Crippen LogP contribution >= 0.6 is 0 Å². The lowest BCUT2D eigenvalue weighted by Crippen LogP contribution is -2.05. The average molecular weight is 258 g/mol. The van der Waals surface area contributed by atoms with Crippen LogP contribution < -0.4 is 0 Å². The molecule has 0 fully saturated rings. The maximum Gasteiger partial charge on any atom is 0.344 e. The van der Waals surface area contributed by atoms with Crippen molar-refractivity contribution in [2.45, 2.75) is 0 Å². The first-order chi connectivity index (χ1) is 9.13. The van der Waals surface area contributed by atoms with Crippen LogP contribution in [-0.4, -0.2) is 23.0 Å². The van der Waals surface area contributed by atoms with Gasteiger partial charge in [0.05, 0.1) is 12.0 Å². The topological polar surface area (TPSA) is 82.3 Å². The standard InChI is InChI=1S/C13H10N2O4/c1-19-13(16)11-7-9(4-5-12(11)15(17)18)10-3-2-6-14-8-10/h2-8H,1H3. The summed E-state index contributed by atoms with van der Waals surface area (Å²) in [7, 11) is 1.18. The number of carbonyl (C=O) groups excluding carboxylic acids is 1. The Hall–Kier alpha value is -2.76. The Morgan fingerprint density at radius 1 is 1.32 bits per heavy atom. The van der Waals surface area contributed by atoms with Crippen molar-refractivity contribution in [3.8, 4) is 11.1 Å². The monoisotopic (exact) mass is 258 g/mol. The zero-order valence-corrected chi connectivity index (χ0v) is 10.1. The van der Waals surface area contributed by atoms with Gasteiger partial charge in [0.25, 0.3) is 5.69 Å². The van der Waals surface area contributed by atoms with Crippen LogP contribution in [0.1, 0.15) is 10.4 Å². The minimum atomic E-state index is -0.738. The quantitative estimate of drug-likeness (QED) is 0.479. The summed E-state index contributed by atoms with van der Waals surface area (Å²) in [6.45, 7) is 0. The number of hydrogen-bond acceptors (Lipinski definition) is 5. The molecular formula is C13H10N2O4. The van der Waals surface area contributed by atoms with Crippen molar-refractivity contribution < 1.29 is 14.5 Å². The number of aromatic nitrogens is 1. The number of ether oxygens (including phenoxy) is 1. The SMILES string of the molecule is COC(=O)c1cc(-c2cccnc2)ccc1[N+](=O)[O-]. The van der Waals surface area contributed by atoms with E-state index in [9.17, 15) is 14.9 Å². The molecule has 96 valence electrons. The van der Waals surface area contributed by atoms with E-state index in [1.807, 2.05) is 0 Å². The third-order valence-corrected chi connectivity index (χ3v) is 2.59. The fourth-order valence-corrected chi connectivity index (χ4v) is 1.68. The fraction of sp³-hybridized carbons (Fsp3) is 0.0769. The Labute approximate surface area is 108 Å². The Kier molecular flexibility index (Phi) is 3.51. The minimum absolute atomic E-state index is 0.0751. The zero-order chi connectivity index (χ0) is 13.8. The van der Waals surface area contributed by atoms with Crippen LogP contribution in [0, 0.1) is 10.1 Å². The van der Waals surface area contributed by atoms with Gasteiger partial charge in [-0.3, -0.25) is 15.1 Å². The highest BCUT2D eigenvalue weighted by molar-refractivity contribution is 5.95. The number of nitro groups is 1. The maximum atomic E-state index is 11.6. The van der Waals surface area contributed by atoms with Gasteiger partial charge in [0.1, 0.15) is 5.56 Å². The van der Waals surface area contributed by atoms with Crippen molar-refractivity contribution in [3.63, 3.8) is 0 Å². The highest BCUT2D eigenvalue weighted by Crippen LogP contribution is 2.26. The van der Waals surface area contributed by atoms with Gasteiger partial charge in [-0.25, -0.2) is 4.79 Å². The Balaban J connectivity index is 2.56. The summed E-state index contributed by atoms with van der Waals surface area (Å²) in [5, 5.41) is 10.9. The van der Waals surface area contributed by atoms with E-state index in [1.54, 1.807) is 30.6 Å². The smallest absolute Gasteiger partial charge is 0.344 e. The number of benzene rings is 1. The fourth-order valence-electron chi connectivity index (χ4n) is 1.68. The molecule has 0 aliphatic heterocycles. The second kappa shape index (κ2) is 5.26. The molecule has 0 saturated heterocycles. The summed E-state index contributed by atoms with van der Waals surface area (Å²) in [5.74, 6) is -0.738. The number of nitro benzene ring substituents is 1. The van der Waals surface area contributed by atoms with Gasteiger partial charge in [-0.2, -0.15) is 0 Å². The predicted octanol–water partition coefficient (Wildman–Crippen LogP) is 2.44. The van der Waals surface area contributed by atoms with Crippen LogP contribution in [0.3, 0.4) is 0 Å². The average Bonchev–Trinajstić information content (AvgIpc) is 2.46. The molecule has 2 aromatic rings. The molecule has 1 aromatic carbocycles. The number of methoxy groups -OCH3 is 1. The van der Waals surface area contributed by atoms with Crippen LogP contribution in [0.5, 0.6) is 0 Å². The van der Waals surface area contributed by atoms with Gasteiger partial charge in [0, 0.05) is 24.0 Å². The second-order valence-corrected chi connectivity index (χ2v) is 3.72. The van der Waals surface area contributed by atoms with Gasteiger partial charge in [-0.15, -0.1) is 0 Å². The molecule has 0 N–H and O–H groups in total. The molecule has 0 atom stereocenters. The number of hydrogen-bond donors (Lipinski definition) is 0. The molecule has 0 saturated carbocycles. The first-order valence-corrected chi connectivity index (χ1v) is 5.40. The lowest BCUT2D eigenvalue weighted by atomic mass is 10.0. The molecule has 1 heterocycles. The predicted molar refractivity (Wildman–Crippen MR) is 67.7 cm³/mol. The Morgan fingerprint density at radius 3 is 2.68 bits per heavy atom. The maximum absolute atomic E-state index is 11.6. The van der Waals surface area contributed by atoms with E-state index in [0.29, 0.717) is 5.56 Å². The molecule has 0 spiro atoms. The van der Waals surface area contributed by atoms with E-state index in [0.717, 1.165) is 5.56 Å². The van der Waals surface area contributed by atoms with E-state index >= 15 is 0 Å². The summed E-state index contributed by atoms with van der Waals surface area (Å²) in [4.78, 5) is 25.8. The van der Waals surface area contributed by atoms with E-state index < -0.39 is 10.9 Å². The van der Waals surface area contributed by atoms with E-state index in [1.165, 1.54) is 19.2 Å². The van der Waals surface area contributed by atoms with Crippen molar-refractivity contribution >= 4 is 11.7 Å². The highest BCUT2D eigenvalue weighted by Gasteiger charge is 2.21. The van der Waals surface area contributed by atoms with Gasteiger partial charge in [-0.1, -0.05) is 6.07 Å². The second-order valence-electron chi connectivity index (χ2n) is 3.72. The molecule has 0 aliphatic rings. The number of carbonyl (C=O) groups is 1. The van der Waals surface area contributed by atoms with Crippen molar-refractivity contribution in [2.75, 3.05) is 7.11 Å². The molecule has 0 unspecified atom stereocenters. The van der Waals surface area contributed by atoms with Gasteiger partial charge in [0.2, 0.25) is 0 Å². The minimum Gasteiger partial charge on any atom is -0.465 e. The number of rotatable bonds is 3. The van der Waals surface area contributed by atoms with Crippen molar-refractivity contribution in [2.24, 2.45) is 0 Å². The third kappa shape index (κ3) is 2.57. The van der Waals surface area contributed by atoms with Crippen LogP contribution in [0.15, 0.2) is 42.7 Å². The summed E-state index contributed by atoms with van der Waals surface area (Å²) < 4.78 is 4.56. The molecule has 1 aromatic heterocycles. The summed E-state index contributed by atoms with van der Waals surface area (Å²) in [6, 6.07) is 7.83. The first kappa shape index (κ1) is 12.7. The van der Waals surface area contributed by atoms with Crippen molar-refractivity contribution in [3.05, 3.63) is 58.4 Å². The molecular weight excluding hydrogens is 248 g/mol. The molecule has 0 aliphatic carbocycles. The molecule has 6 heteroatoms. The van der Waals surface area contributed by atoms with E-state index in [2.05, 4.69) is 9.72 Å². The summed E-state index contributed by atoms with van der Waals surface area (Å²) >= 11 is 0. The van der Waals surface area contributed by atoms with Crippen molar-refractivity contribution in [1.29, 1.82) is 0 Å². The summed E-state index contributed by atoms with van der Waals surface area (Å²) in [5.41, 5.74) is 1.08. The van der Waals surface area contributed by atoms with Gasteiger partial charge >= 0.3 is 5.97 Å². The van der Waals surface area contributed by atoms with Gasteiger partial charge in [-0.05, 0) is 23.8 Å². The largest absolute Gasteiger partial charge is 0.465 e. The molecule has 19 heavy (non-hydrogen) atoms. The number of esters is 1. The van der Waals surface area contributed by atoms with Crippen LogP contribution in [0.2, 0.25) is 0 Å². The summed E-state index contributed by atoms with van der Waals surface area (Å²) in [6.07, 6.45) is 3.23. The number of nitrogens with zero attached hydrogens (tertiary/aromatic N) is 2. The lowest BCUT2D eigenvalue weighted by molar-refractivity contribution is -0.385. The molecule has 6 nitrogen and oxygen atoms in total. The number of pyridine rings is 1. The van der Waals surface area contributed by atoms with E-state index in [4.69, 9.17) is 0 Å². The van der Waals surface area contributed by atoms with Crippen LogP contribution in [-0.2, 0) is 4.74 Å². The molecule has 0 amide bonds. The molecule has 2 rings (SSSR count). The Morgan fingerprint density at radius 2 is 2.11 bits per heavy atom. The highest BCUT2D eigenvalue weighted by atomic mass is 16.6. The lowest BCUT2D eigenvalue weighted by Gasteiger charge is -2.05. The van der Waals surface area contributed by atoms with Gasteiger partial charge in [0.15, 0.2) is 0 Å². The van der Waals surface area contributed by atoms with Crippen LogP contribution in [0.25, 0.3) is 11.1 Å². The normalized spacial score (nSPS) is 9.95. The zero-order valence-electron chi connectivity index (χ0n) is 10.1.